The van der Waals surface area contributed by atoms with Crippen molar-refractivity contribution in [1.29, 1.82) is 0 Å². The number of nitrogens with zero attached hydrogens (tertiary/aromatic N) is 4. The van der Waals surface area contributed by atoms with E-state index >= 15 is 0 Å². The molecular formula is C14H12N4O. The Balaban J connectivity index is 2.26. The summed E-state index contributed by atoms with van der Waals surface area (Å²) in [6, 6.07) is 7.85. The minimum Gasteiger partial charge on any atom is -0.280 e. The minimum atomic E-state index is -0.193. The first-order valence-electron chi connectivity index (χ1n) is 6.16. The van der Waals surface area contributed by atoms with Gasteiger partial charge in [0.05, 0.1) is 11.2 Å². The lowest BCUT2D eigenvalue weighted by Crippen LogP contribution is -2.15. The zero-order valence-electron chi connectivity index (χ0n) is 10.3. The predicted octanol–water partition coefficient (Wildman–Crippen LogP) is 3.55. The molecule has 1 aliphatic rings. The third-order valence-electron chi connectivity index (χ3n) is 3.38. The molecule has 0 saturated carbocycles. The Morgan fingerprint density at radius 3 is 3.11 bits per heavy atom. The van der Waals surface area contributed by atoms with Crippen LogP contribution < -0.4 is 0 Å². The average molecular weight is 252 g/mol. The van der Waals surface area contributed by atoms with Crippen LogP contribution in [0.1, 0.15) is 22.5 Å². The summed E-state index contributed by atoms with van der Waals surface area (Å²) in [6.45, 7) is -0.157. The van der Waals surface area contributed by atoms with Crippen molar-refractivity contribution in [3.8, 4) is 0 Å². The summed E-state index contributed by atoms with van der Waals surface area (Å²) in [7, 11) is 0. The largest absolute Gasteiger partial charge is 0.280 e. The predicted molar refractivity (Wildman–Crippen MR) is 73.9 cm³/mol. The van der Waals surface area contributed by atoms with Gasteiger partial charge in [-0.15, -0.1) is 0 Å². The van der Waals surface area contributed by atoms with E-state index in [-0.39, 0.29) is 12.5 Å². The van der Waals surface area contributed by atoms with Crippen LogP contribution in [0.3, 0.4) is 0 Å². The smallest absolute Gasteiger partial charge is 0.237 e. The maximum absolute atomic E-state index is 12.2. The lowest BCUT2D eigenvalue weighted by molar-refractivity contribution is 0.0928. The molecule has 0 atom stereocenters. The van der Waals surface area contributed by atoms with Crippen LogP contribution in [-0.4, -0.2) is 17.0 Å². The fourth-order valence-corrected chi connectivity index (χ4v) is 2.62. The Hall–Kier alpha value is -2.52. The summed E-state index contributed by atoms with van der Waals surface area (Å²) >= 11 is 0. The molecule has 94 valence electrons. The van der Waals surface area contributed by atoms with Crippen molar-refractivity contribution in [3.05, 3.63) is 52.0 Å². The maximum Gasteiger partial charge on any atom is 0.237 e. The van der Waals surface area contributed by atoms with Gasteiger partial charge in [0.2, 0.25) is 5.91 Å². The van der Waals surface area contributed by atoms with Crippen LogP contribution in [0.4, 0.5) is 0 Å². The first-order valence-corrected chi connectivity index (χ1v) is 6.16. The van der Waals surface area contributed by atoms with Crippen LogP contribution in [0.25, 0.3) is 27.4 Å². The van der Waals surface area contributed by atoms with E-state index in [0.29, 0.717) is 0 Å². The van der Waals surface area contributed by atoms with E-state index in [1.54, 1.807) is 4.57 Å². The molecule has 1 aromatic heterocycles. The number of aromatic nitrogens is 1. The molecule has 1 aliphatic carbocycles. The van der Waals surface area contributed by atoms with Crippen molar-refractivity contribution in [3.63, 3.8) is 0 Å². The highest BCUT2D eigenvalue weighted by Gasteiger charge is 2.20. The second-order valence-corrected chi connectivity index (χ2v) is 4.44. The van der Waals surface area contributed by atoms with Crippen molar-refractivity contribution >= 4 is 22.9 Å². The van der Waals surface area contributed by atoms with E-state index in [0.717, 1.165) is 29.4 Å². The molecule has 0 amide bonds. The fraction of sp³-hybridized carbons (Fsp3) is 0.214. The van der Waals surface area contributed by atoms with Gasteiger partial charge in [-0.25, -0.2) is 0 Å². The number of aryl methyl sites for hydroxylation is 1. The first-order chi connectivity index (χ1) is 9.33. The summed E-state index contributed by atoms with van der Waals surface area (Å²) in [4.78, 5) is 14.9. The van der Waals surface area contributed by atoms with Crippen molar-refractivity contribution in [2.24, 2.45) is 5.11 Å². The molecule has 1 heterocycles. The summed E-state index contributed by atoms with van der Waals surface area (Å²) < 4.78 is 1.66. The van der Waals surface area contributed by atoms with Crippen molar-refractivity contribution in [2.45, 2.75) is 12.8 Å². The molecule has 1 aromatic carbocycles. The van der Waals surface area contributed by atoms with Gasteiger partial charge in [0.25, 0.3) is 0 Å². The zero-order valence-corrected chi connectivity index (χ0v) is 10.3. The topological polar surface area (TPSA) is 70.8 Å². The van der Waals surface area contributed by atoms with Gasteiger partial charge in [-0.1, -0.05) is 29.4 Å². The molecule has 19 heavy (non-hydrogen) atoms. The normalized spacial score (nSPS) is 13.1. The summed E-state index contributed by atoms with van der Waals surface area (Å²) in [5.41, 5.74) is 11.4. The van der Waals surface area contributed by atoms with E-state index in [1.165, 1.54) is 5.56 Å². The number of azide groups is 1. The van der Waals surface area contributed by atoms with Crippen molar-refractivity contribution in [1.82, 2.24) is 4.57 Å². The quantitative estimate of drug-likeness (QED) is 0.457. The molecule has 0 radical (unpaired) electrons. The minimum absolute atomic E-state index is 0.157. The number of para-hydroxylation sites is 1. The second-order valence-electron chi connectivity index (χ2n) is 4.44. The van der Waals surface area contributed by atoms with Gasteiger partial charge in [0, 0.05) is 10.3 Å². The molecule has 0 N–H and O–H groups in total. The third kappa shape index (κ3) is 1.80. The molecule has 0 spiro atoms. The lowest BCUT2D eigenvalue weighted by Gasteiger charge is -2.09. The third-order valence-corrected chi connectivity index (χ3v) is 3.38. The number of hydrogen-bond donors (Lipinski definition) is 0. The van der Waals surface area contributed by atoms with Gasteiger partial charge in [0.1, 0.15) is 6.54 Å². The van der Waals surface area contributed by atoms with Crippen LogP contribution in [0.2, 0.25) is 0 Å². The number of carbonyl (C=O) groups is 1. The van der Waals surface area contributed by atoms with E-state index in [1.807, 2.05) is 30.3 Å². The summed E-state index contributed by atoms with van der Waals surface area (Å²) in [5, 5.41) is 4.48. The van der Waals surface area contributed by atoms with Gasteiger partial charge >= 0.3 is 0 Å². The molecule has 2 aromatic rings. The molecule has 3 rings (SSSR count). The lowest BCUT2D eigenvalue weighted by atomic mass is 10.0. The molecule has 0 bridgehead atoms. The number of fused-ring (bicyclic) bond motifs is 3. The molecule has 0 fully saturated rings. The highest BCUT2D eigenvalue weighted by Crippen LogP contribution is 2.31. The molecule has 0 saturated heterocycles. The van der Waals surface area contributed by atoms with E-state index in [4.69, 9.17) is 5.53 Å². The Labute approximate surface area is 109 Å². The molecule has 5 heteroatoms. The average Bonchev–Trinajstić information content (AvgIpc) is 2.79. The van der Waals surface area contributed by atoms with Crippen LogP contribution >= 0.6 is 0 Å². The number of carbonyl (C=O) groups excluding carboxylic acids is 1. The van der Waals surface area contributed by atoms with Gasteiger partial charge < -0.3 is 0 Å². The van der Waals surface area contributed by atoms with Gasteiger partial charge in [-0.05, 0) is 36.1 Å². The standard InChI is InChI=1S/C14H12N4O/c15-17-16-9-14(19)18-12-7-3-1-5-10(12)11-6-2-4-8-13(11)18/h1,3-5,7-8H,2,6,9H2. The van der Waals surface area contributed by atoms with E-state index in [2.05, 4.69) is 16.1 Å². The SMILES string of the molecule is [N-]=[N+]=NCC(=O)n1c2c(c3ccccc31)CCC=C2. The first kappa shape index (κ1) is 11.6. The zero-order chi connectivity index (χ0) is 13.2. The van der Waals surface area contributed by atoms with Crippen LogP contribution in [-0.2, 0) is 6.42 Å². The van der Waals surface area contributed by atoms with E-state index in [9.17, 15) is 4.79 Å². The second kappa shape index (κ2) is 4.63. The Bertz CT molecular complexity index is 735. The number of hydrogen-bond acceptors (Lipinski definition) is 2. The number of benzene rings is 1. The van der Waals surface area contributed by atoms with Crippen molar-refractivity contribution < 1.29 is 4.79 Å². The van der Waals surface area contributed by atoms with Gasteiger partial charge in [-0.2, -0.15) is 0 Å². The van der Waals surface area contributed by atoms with Crippen LogP contribution in [0.15, 0.2) is 35.5 Å². The summed E-state index contributed by atoms with van der Waals surface area (Å²) in [6.07, 6.45) is 5.98. The van der Waals surface area contributed by atoms with Gasteiger partial charge in [0.15, 0.2) is 0 Å². The van der Waals surface area contributed by atoms with E-state index < -0.39 is 0 Å². The van der Waals surface area contributed by atoms with Crippen LogP contribution in [0, 0.1) is 0 Å². The highest BCUT2D eigenvalue weighted by atomic mass is 16.2. The number of allylic oxidation sites excluding steroid dienone is 1. The monoisotopic (exact) mass is 252 g/mol. The Morgan fingerprint density at radius 1 is 1.42 bits per heavy atom. The Morgan fingerprint density at radius 2 is 2.26 bits per heavy atom. The number of rotatable bonds is 2. The molecule has 5 nitrogen and oxygen atoms in total. The molecule has 0 unspecified atom stereocenters. The Kier molecular flexibility index (Phi) is 2.82. The maximum atomic E-state index is 12.2. The molecular weight excluding hydrogens is 240 g/mol. The van der Waals surface area contributed by atoms with Gasteiger partial charge in [-0.3, -0.25) is 9.36 Å². The van der Waals surface area contributed by atoms with Crippen molar-refractivity contribution in [2.75, 3.05) is 6.54 Å². The fourth-order valence-electron chi connectivity index (χ4n) is 2.62. The van der Waals surface area contributed by atoms with Crippen LogP contribution in [0.5, 0.6) is 0 Å². The summed E-state index contributed by atoms with van der Waals surface area (Å²) in [5.74, 6) is -0.193. The molecule has 0 aliphatic heterocycles. The highest BCUT2D eigenvalue weighted by molar-refractivity contribution is 5.99.